The van der Waals surface area contributed by atoms with Gasteiger partial charge in [0.1, 0.15) is 5.75 Å². The lowest BCUT2D eigenvalue weighted by Crippen LogP contribution is -2.01. The Kier molecular flexibility index (Phi) is 2.64. The van der Waals surface area contributed by atoms with E-state index in [1.807, 2.05) is 30.3 Å². The summed E-state index contributed by atoms with van der Waals surface area (Å²) in [7, 11) is 0. The maximum absolute atomic E-state index is 10.8. The molecule has 0 N–H and O–H groups in total. The van der Waals surface area contributed by atoms with E-state index in [9.17, 15) is 4.79 Å². The predicted octanol–water partition coefficient (Wildman–Crippen LogP) is 3.05. The van der Waals surface area contributed by atoms with E-state index in [1.54, 1.807) is 6.07 Å². The van der Waals surface area contributed by atoms with Gasteiger partial charge in [0.25, 0.3) is 0 Å². The minimum Gasteiger partial charge on any atom is -0.426 e. The fourth-order valence-electron chi connectivity index (χ4n) is 1.47. The first-order valence-corrected chi connectivity index (χ1v) is 5.02. The molecular formula is C12H10O2S. The first kappa shape index (κ1) is 10.1. The van der Waals surface area contributed by atoms with E-state index < -0.39 is 0 Å². The number of fused-ring (bicyclic) bond motifs is 1. The zero-order chi connectivity index (χ0) is 10.8. The van der Waals surface area contributed by atoms with Crippen molar-refractivity contribution in [3.63, 3.8) is 0 Å². The van der Waals surface area contributed by atoms with Crippen LogP contribution >= 0.6 is 12.6 Å². The molecule has 0 heterocycles. The zero-order valence-corrected chi connectivity index (χ0v) is 9.12. The number of rotatable bonds is 1. The lowest BCUT2D eigenvalue weighted by Gasteiger charge is -2.07. The van der Waals surface area contributed by atoms with Crippen molar-refractivity contribution in [3.8, 4) is 5.75 Å². The van der Waals surface area contributed by atoms with Gasteiger partial charge in [0.2, 0.25) is 0 Å². The summed E-state index contributed by atoms with van der Waals surface area (Å²) in [5, 5.41) is 2.07. The zero-order valence-electron chi connectivity index (χ0n) is 8.23. The Morgan fingerprint density at radius 2 is 1.93 bits per heavy atom. The molecule has 76 valence electrons. The van der Waals surface area contributed by atoms with Crippen molar-refractivity contribution >= 4 is 29.4 Å². The number of hydrogen-bond donors (Lipinski definition) is 1. The van der Waals surface area contributed by atoms with Crippen LogP contribution in [0.2, 0.25) is 0 Å². The van der Waals surface area contributed by atoms with E-state index in [-0.39, 0.29) is 5.97 Å². The average molecular weight is 218 g/mol. The summed E-state index contributed by atoms with van der Waals surface area (Å²) in [6, 6.07) is 11.5. The SMILES string of the molecule is CC(=O)Oc1ccc2ccccc2c1S. The molecule has 0 bridgehead atoms. The lowest BCUT2D eigenvalue weighted by atomic mass is 10.1. The van der Waals surface area contributed by atoms with Crippen LogP contribution in [0.1, 0.15) is 6.92 Å². The maximum Gasteiger partial charge on any atom is 0.308 e. The van der Waals surface area contributed by atoms with Crippen molar-refractivity contribution < 1.29 is 9.53 Å². The van der Waals surface area contributed by atoms with Crippen LogP contribution in [0.5, 0.6) is 5.75 Å². The maximum atomic E-state index is 10.8. The van der Waals surface area contributed by atoms with Crippen LogP contribution in [0, 0.1) is 0 Å². The summed E-state index contributed by atoms with van der Waals surface area (Å²) >= 11 is 4.36. The number of carbonyl (C=O) groups is 1. The summed E-state index contributed by atoms with van der Waals surface area (Å²) in [6.45, 7) is 1.38. The van der Waals surface area contributed by atoms with Crippen LogP contribution in [-0.2, 0) is 4.79 Å². The Morgan fingerprint density at radius 3 is 2.67 bits per heavy atom. The van der Waals surface area contributed by atoms with E-state index in [0.29, 0.717) is 10.6 Å². The van der Waals surface area contributed by atoms with Crippen LogP contribution < -0.4 is 4.74 Å². The monoisotopic (exact) mass is 218 g/mol. The fourth-order valence-corrected chi connectivity index (χ4v) is 1.80. The molecule has 0 saturated heterocycles. The van der Waals surface area contributed by atoms with Gasteiger partial charge >= 0.3 is 5.97 Å². The molecule has 0 aromatic heterocycles. The Labute approximate surface area is 93.3 Å². The number of hydrogen-bond acceptors (Lipinski definition) is 3. The molecule has 0 saturated carbocycles. The quantitative estimate of drug-likeness (QED) is 0.452. The topological polar surface area (TPSA) is 26.3 Å². The van der Waals surface area contributed by atoms with Crippen LogP contribution in [-0.4, -0.2) is 5.97 Å². The molecule has 0 atom stereocenters. The second-order valence-corrected chi connectivity index (χ2v) is 3.67. The Bertz CT molecular complexity index is 520. The van der Waals surface area contributed by atoms with E-state index in [0.717, 1.165) is 10.8 Å². The third-order valence-corrected chi connectivity index (χ3v) is 2.58. The molecule has 2 aromatic rings. The van der Waals surface area contributed by atoms with Crippen LogP contribution in [0.4, 0.5) is 0 Å². The summed E-state index contributed by atoms with van der Waals surface area (Å²) in [4.78, 5) is 11.5. The normalized spacial score (nSPS) is 10.3. The van der Waals surface area contributed by atoms with Gasteiger partial charge in [0.15, 0.2) is 0 Å². The molecule has 0 amide bonds. The molecule has 2 aromatic carbocycles. The second-order valence-electron chi connectivity index (χ2n) is 3.23. The molecular weight excluding hydrogens is 208 g/mol. The minimum absolute atomic E-state index is 0.333. The molecule has 0 fully saturated rings. The Morgan fingerprint density at radius 1 is 1.20 bits per heavy atom. The first-order valence-electron chi connectivity index (χ1n) is 4.57. The highest BCUT2D eigenvalue weighted by Crippen LogP contribution is 2.30. The van der Waals surface area contributed by atoms with E-state index in [4.69, 9.17) is 4.74 Å². The molecule has 0 aliphatic carbocycles. The number of esters is 1. The Balaban J connectivity index is 2.59. The van der Waals surface area contributed by atoms with Gasteiger partial charge in [-0.3, -0.25) is 4.79 Å². The van der Waals surface area contributed by atoms with Gasteiger partial charge in [-0.25, -0.2) is 0 Å². The van der Waals surface area contributed by atoms with Crippen molar-refractivity contribution in [2.75, 3.05) is 0 Å². The lowest BCUT2D eigenvalue weighted by molar-refractivity contribution is -0.132. The molecule has 0 spiro atoms. The highest BCUT2D eigenvalue weighted by molar-refractivity contribution is 7.80. The molecule has 2 nitrogen and oxygen atoms in total. The van der Waals surface area contributed by atoms with Gasteiger partial charge in [-0.1, -0.05) is 30.3 Å². The number of carbonyl (C=O) groups excluding carboxylic acids is 1. The fraction of sp³-hybridized carbons (Fsp3) is 0.0833. The minimum atomic E-state index is -0.333. The molecule has 0 unspecified atom stereocenters. The van der Waals surface area contributed by atoms with Crippen molar-refractivity contribution in [1.82, 2.24) is 0 Å². The van der Waals surface area contributed by atoms with E-state index >= 15 is 0 Å². The van der Waals surface area contributed by atoms with Crippen molar-refractivity contribution in [2.45, 2.75) is 11.8 Å². The van der Waals surface area contributed by atoms with Gasteiger partial charge < -0.3 is 4.74 Å². The largest absolute Gasteiger partial charge is 0.426 e. The number of ether oxygens (including phenoxy) is 1. The average Bonchev–Trinajstić information content (AvgIpc) is 2.22. The van der Waals surface area contributed by atoms with E-state index in [1.165, 1.54) is 6.92 Å². The molecule has 0 aliphatic rings. The molecule has 15 heavy (non-hydrogen) atoms. The highest BCUT2D eigenvalue weighted by atomic mass is 32.1. The van der Waals surface area contributed by atoms with Crippen LogP contribution in [0.15, 0.2) is 41.3 Å². The van der Waals surface area contributed by atoms with Gasteiger partial charge in [0, 0.05) is 6.92 Å². The molecule has 2 rings (SSSR count). The van der Waals surface area contributed by atoms with Crippen LogP contribution in [0.3, 0.4) is 0 Å². The number of benzene rings is 2. The number of thiol groups is 1. The van der Waals surface area contributed by atoms with Crippen molar-refractivity contribution in [1.29, 1.82) is 0 Å². The molecule has 0 radical (unpaired) electrons. The molecule has 0 aliphatic heterocycles. The summed E-state index contributed by atoms with van der Waals surface area (Å²) in [6.07, 6.45) is 0. The van der Waals surface area contributed by atoms with Gasteiger partial charge in [-0.2, -0.15) is 0 Å². The first-order chi connectivity index (χ1) is 7.18. The van der Waals surface area contributed by atoms with Crippen molar-refractivity contribution in [3.05, 3.63) is 36.4 Å². The second kappa shape index (κ2) is 3.95. The van der Waals surface area contributed by atoms with Crippen LogP contribution in [0.25, 0.3) is 10.8 Å². The predicted molar refractivity (Wildman–Crippen MR) is 62.5 cm³/mol. The third kappa shape index (κ3) is 1.97. The van der Waals surface area contributed by atoms with Gasteiger partial charge in [-0.05, 0) is 16.8 Å². The Hall–Kier alpha value is -1.48. The van der Waals surface area contributed by atoms with Crippen molar-refractivity contribution in [2.24, 2.45) is 0 Å². The highest BCUT2D eigenvalue weighted by Gasteiger charge is 2.06. The summed E-state index contributed by atoms with van der Waals surface area (Å²) < 4.78 is 5.04. The van der Waals surface area contributed by atoms with Gasteiger partial charge in [0.05, 0.1) is 4.90 Å². The van der Waals surface area contributed by atoms with Gasteiger partial charge in [-0.15, -0.1) is 12.6 Å². The smallest absolute Gasteiger partial charge is 0.308 e. The summed E-state index contributed by atoms with van der Waals surface area (Å²) in [5.74, 6) is 0.171. The molecule has 3 heteroatoms. The standard InChI is InChI=1S/C12H10O2S/c1-8(13)14-11-7-6-9-4-2-3-5-10(9)12(11)15/h2-7,15H,1H3. The summed E-state index contributed by atoms with van der Waals surface area (Å²) in [5.41, 5.74) is 0. The van der Waals surface area contributed by atoms with E-state index in [2.05, 4.69) is 12.6 Å². The third-order valence-electron chi connectivity index (χ3n) is 2.12.